The predicted molar refractivity (Wildman–Crippen MR) is 257 cm³/mol. The second-order valence-corrected chi connectivity index (χ2v) is 16.8. The maximum atomic E-state index is 11.9. The molecule has 0 aliphatic carbocycles. The van der Waals surface area contributed by atoms with Gasteiger partial charge in [-0.2, -0.15) is 0 Å². The maximum absolute atomic E-state index is 11.9. The third-order valence-electron chi connectivity index (χ3n) is 11.8. The monoisotopic (exact) mass is 922 g/mol. The van der Waals surface area contributed by atoms with E-state index in [1.54, 1.807) is 6.08 Å². The highest BCUT2D eigenvalue weighted by molar-refractivity contribution is 5.18. The van der Waals surface area contributed by atoms with Crippen molar-refractivity contribution in [3.8, 4) is 0 Å². The summed E-state index contributed by atoms with van der Waals surface area (Å²) < 4.78 is 67.5. The van der Waals surface area contributed by atoms with Gasteiger partial charge in [0.15, 0.2) is 12.6 Å². The first-order valence-corrected chi connectivity index (χ1v) is 23.3. The van der Waals surface area contributed by atoms with Crippen LogP contribution in [0.5, 0.6) is 0 Å². The zero-order chi connectivity index (χ0) is 46.6. The molecule has 2 saturated heterocycles. The number of rotatable bonds is 25. The molecule has 6 aromatic carbocycles. The lowest BCUT2D eigenvalue weighted by Gasteiger charge is -2.49. The Morgan fingerprint density at radius 3 is 1.13 bits per heavy atom. The molecule has 6 aromatic rings. The Labute approximate surface area is 400 Å². The van der Waals surface area contributed by atoms with E-state index in [1.165, 1.54) is 0 Å². The predicted octanol–water partition coefficient (Wildman–Crippen LogP) is 9.16. The summed E-state index contributed by atoms with van der Waals surface area (Å²) in [6.07, 6.45) is -7.56. The van der Waals surface area contributed by atoms with Crippen molar-refractivity contribution in [1.29, 1.82) is 0 Å². The molecule has 1 N–H and O–H groups in total. The molecule has 2 aliphatic rings. The highest BCUT2D eigenvalue weighted by Gasteiger charge is 2.54. The van der Waals surface area contributed by atoms with Crippen molar-refractivity contribution in [2.75, 3.05) is 19.8 Å². The zero-order valence-corrected chi connectivity index (χ0v) is 38.3. The Bertz CT molecular complexity index is 2290. The fourth-order valence-corrected chi connectivity index (χ4v) is 8.39. The standard InChI is InChI=1S/C57H62O11/c1-2-33-61-52-50(62-36-44-25-13-5-14-26-44)48(40-59-34-42-21-9-3-10-22-42)67-57(55(52)65-39-47-31-19-8-20-32-47)68-51-49(41-60-35-43-23-11-4-12-24-43)66-56(58)54(64-38-46-29-17-7-18-30-46)53(51)63-37-45-27-15-6-16-28-45/h2-32,48-58H,1,33-41H2/t48-,49-,50+,51+,52+,53+,54-,55-,56+,57+/m1/s1. The van der Waals surface area contributed by atoms with Crippen molar-refractivity contribution >= 4 is 0 Å². The minimum atomic E-state index is -1.40. The topological polar surface area (TPSA) is 113 Å². The van der Waals surface area contributed by atoms with Gasteiger partial charge in [-0.15, -0.1) is 6.58 Å². The van der Waals surface area contributed by atoms with E-state index in [1.807, 2.05) is 182 Å². The highest BCUT2D eigenvalue weighted by Crippen LogP contribution is 2.36. The normalized spacial score (nSPS) is 24.9. The van der Waals surface area contributed by atoms with Gasteiger partial charge >= 0.3 is 0 Å². The van der Waals surface area contributed by atoms with Gasteiger partial charge in [-0.25, -0.2) is 0 Å². The van der Waals surface area contributed by atoms with Crippen LogP contribution in [0.1, 0.15) is 33.4 Å². The Kier molecular flexibility index (Phi) is 19.0. The molecule has 0 aromatic heterocycles. The molecule has 11 heteroatoms. The van der Waals surface area contributed by atoms with Gasteiger partial charge in [0.05, 0.1) is 59.5 Å². The van der Waals surface area contributed by atoms with E-state index in [-0.39, 0.29) is 46.2 Å². The Morgan fingerprint density at radius 2 is 0.721 bits per heavy atom. The molecule has 2 aliphatic heterocycles. The third kappa shape index (κ3) is 14.3. The number of ether oxygens (including phenoxy) is 10. The van der Waals surface area contributed by atoms with Crippen molar-refractivity contribution < 1.29 is 52.5 Å². The van der Waals surface area contributed by atoms with Gasteiger partial charge in [-0.05, 0) is 33.4 Å². The number of aliphatic hydroxyl groups is 1. The molecule has 0 bridgehead atoms. The molecular weight excluding hydrogens is 861 g/mol. The average Bonchev–Trinajstić information content (AvgIpc) is 3.39. The first kappa shape index (κ1) is 49.1. The van der Waals surface area contributed by atoms with Gasteiger partial charge in [0, 0.05) is 0 Å². The van der Waals surface area contributed by atoms with Crippen LogP contribution in [0.2, 0.25) is 0 Å². The molecule has 0 radical (unpaired) electrons. The summed E-state index contributed by atoms with van der Waals surface area (Å²) in [5, 5.41) is 11.9. The largest absolute Gasteiger partial charge is 0.374 e. The van der Waals surface area contributed by atoms with Crippen molar-refractivity contribution in [3.63, 3.8) is 0 Å². The van der Waals surface area contributed by atoms with Crippen LogP contribution >= 0.6 is 0 Å². The fraction of sp³-hybridized carbons (Fsp3) is 0.333. The quantitative estimate of drug-likeness (QED) is 0.0555. The Hall–Kier alpha value is -5.38. The van der Waals surface area contributed by atoms with E-state index in [4.69, 9.17) is 47.4 Å². The summed E-state index contributed by atoms with van der Waals surface area (Å²) >= 11 is 0. The molecule has 11 nitrogen and oxygen atoms in total. The molecule has 0 spiro atoms. The van der Waals surface area contributed by atoms with E-state index >= 15 is 0 Å². The Morgan fingerprint density at radius 1 is 0.382 bits per heavy atom. The summed E-state index contributed by atoms with van der Waals surface area (Å²) in [7, 11) is 0. The second-order valence-electron chi connectivity index (χ2n) is 16.8. The van der Waals surface area contributed by atoms with Crippen molar-refractivity contribution in [2.24, 2.45) is 0 Å². The lowest BCUT2D eigenvalue weighted by Crippen LogP contribution is -2.66. The van der Waals surface area contributed by atoms with E-state index < -0.39 is 61.4 Å². The number of benzene rings is 6. The van der Waals surface area contributed by atoms with Crippen LogP contribution in [0.3, 0.4) is 0 Å². The molecule has 0 unspecified atom stereocenters. The fourth-order valence-electron chi connectivity index (χ4n) is 8.39. The number of hydrogen-bond acceptors (Lipinski definition) is 11. The van der Waals surface area contributed by atoms with Crippen LogP contribution in [0.15, 0.2) is 195 Å². The summed E-state index contributed by atoms with van der Waals surface area (Å²) in [6, 6.07) is 59.3. The van der Waals surface area contributed by atoms with Crippen molar-refractivity contribution in [1.82, 2.24) is 0 Å². The summed E-state index contributed by atoms with van der Waals surface area (Å²) in [5.74, 6) is 0. The van der Waals surface area contributed by atoms with Crippen LogP contribution in [-0.4, -0.2) is 86.3 Å². The average molecular weight is 923 g/mol. The minimum absolute atomic E-state index is 0.0400. The zero-order valence-electron chi connectivity index (χ0n) is 38.3. The molecular formula is C57H62O11. The van der Waals surface area contributed by atoms with Gasteiger partial charge in [-0.1, -0.05) is 188 Å². The van der Waals surface area contributed by atoms with Gasteiger partial charge in [-0.3, -0.25) is 0 Å². The number of hydrogen-bond donors (Lipinski definition) is 1. The Balaban J connectivity index is 1.16. The van der Waals surface area contributed by atoms with Crippen LogP contribution < -0.4 is 0 Å². The second kappa shape index (κ2) is 26.4. The van der Waals surface area contributed by atoms with E-state index in [0.29, 0.717) is 13.2 Å². The molecule has 2 heterocycles. The van der Waals surface area contributed by atoms with Crippen LogP contribution in [0, 0.1) is 0 Å². The van der Waals surface area contributed by atoms with E-state index in [2.05, 4.69) is 6.58 Å². The van der Waals surface area contributed by atoms with Crippen molar-refractivity contribution in [3.05, 3.63) is 228 Å². The van der Waals surface area contributed by atoms with Crippen molar-refractivity contribution in [2.45, 2.75) is 101 Å². The van der Waals surface area contributed by atoms with Gasteiger partial charge < -0.3 is 52.5 Å². The number of aliphatic hydroxyl groups excluding tert-OH is 1. The molecule has 0 amide bonds. The summed E-state index contributed by atoms with van der Waals surface area (Å²) in [5.41, 5.74) is 5.76. The molecule has 68 heavy (non-hydrogen) atoms. The maximum Gasteiger partial charge on any atom is 0.187 e. The van der Waals surface area contributed by atoms with Crippen LogP contribution in [0.4, 0.5) is 0 Å². The first-order valence-electron chi connectivity index (χ1n) is 23.3. The molecule has 356 valence electrons. The van der Waals surface area contributed by atoms with E-state index in [9.17, 15) is 5.11 Å². The van der Waals surface area contributed by atoms with E-state index in [0.717, 1.165) is 33.4 Å². The lowest BCUT2D eigenvalue weighted by molar-refractivity contribution is -0.373. The molecule has 0 saturated carbocycles. The van der Waals surface area contributed by atoms with Gasteiger partial charge in [0.1, 0.15) is 48.8 Å². The smallest absolute Gasteiger partial charge is 0.187 e. The lowest BCUT2D eigenvalue weighted by atomic mass is 9.95. The van der Waals surface area contributed by atoms with Crippen LogP contribution in [-0.2, 0) is 87.0 Å². The minimum Gasteiger partial charge on any atom is -0.374 e. The molecule has 2 fully saturated rings. The summed E-state index contributed by atoms with van der Waals surface area (Å²) in [4.78, 5) is 0. The van der Waals surface area contributed by atoms with Crippen LogP contribution in [0.25, 0.3) is 0 Å². The van der Waals surface area contributed by atoms with Gasteiger partial charge in [0.25, 0.3) is 0 Å². The first-order chi connectivity index (χ1) is 33.6. The molecule has 10 atom stereocenters. The summed E-state index contributed by atoms with van der Waals surface area (Å²) in [6.45, 7) is 5.86. The third-order valence-corrected chi connectivity index (χ3v) is 11.8. The highest BCUT2D eigenvalue weighted by atomic mass is 16.8. The molecule has 8 rings (SSSR count). The van der Waals surface area contributed by atoms with Gasteiger partial charge in [0.2, 0.25) is 0 Å². The SMILES string of the molecule is C=CCO[C@H]1[C@@H](OCc2ccccc2)[C@@H](COCc2ccccc2)O[C@@H](O[C@@H]2[C@H](OCc3ccccc3)[C@@H](OCc3ccccc3)[C@@H](O)O[C@@H]2COCc2ccccc2)[C@@H]1OCc1ccccc1.